The van der Waals surface area contributed by atoms with Crippen molar-refractivity contribution in [2.45, 2.75) is 251 Å². The Morgan fingerprint density at radius 3 is 0.755 bits per heavy atom. The highest BCUT2D eigenvalue weighted by molar-refractivity contribution is 5.76. The lowest BCUT2D eigenvalue weighted by atomic mass is 10.0. The van der Waals surface area contributed by atoms with Crippen molar-refractivity contribution in [3.8, 4) is 0 Å². The van der Waals surface area contributed by atoms with E-state index in [-0.39, 0.29) is 0 Å². The van der Waals surface area contributed by atoms with Gasteiger partial charge in [0.25, 0.3) is 0 Å². The first-order valence-electron chi connectivity index (χ1n) is 24.1. The number of rotatable bonds is 44. The summed E-state index contributed by atoms with van der Waals surface area (Å²) in [7, 11) is 0. The van der Waals surface area contributed by atoms with Crippen molar-refractivity contribution in [1.29, 1.82) is 0 Å². The molecule has 0 aliphatic heterocycles. The van der Waals surface area contributed by atoms with Crippen molar-refractivity contribution in [3.05, 3.63) is 0 Å². The summed E-state index contributed by atoms with van der Waals surface area (Å²) in [5.41, 5.74) is 11.6. The van der Waals surface area contributed by atoms with E-state index in [1.165, 1.54) is 186 Å². The molecule has 0 atom stereocenters. The molecule has 0 fully saturated rings. The Morgan fingerprint density at radius 1 is 0.302 bits per heavy atom. The molecule has 0 bridgehead atoms. The molecule has 0 saturated carbocycles. The van der Waals surface area contributed by atoms with Gasteiger partial charge < -0.3 is 21.3 Å². The Kier molecular flexibility index (Phi) is 42.6. The predicted molar refractivity (Wildman–Crippen MR) is 233 cm³/mol. The fraction of sp³-hybridized carbons (Fsp3) is 0.957. The SMILES string of the molecule is CCCCCCCCCCCCCCCC(=O)N(CCCN)CCCCCCCCCN(CCCN)C(=O)CCCCCCCCCCCCCCC. The summed E-state index contributed by atoms with van der Waals surface area (Å²) in [5.74, 6) is 0.675. The lowest BCUT2D eigenvalue weighted by molar-refractivity contribution is -0.132. The molecule has 0 unspecified atom stereocenters. The molecule has 0 aliphatic rings. The van der Waals surface area contributed by atoms with Crippen LogP contribution in [0.1, 0.15) is 251 Å². The molecule has 316 valence electrons. The van der Waals surface area contributed by atoms with Crippen molar-refractivity contribution in [1.82, 2.24) is 9.80 Å². The number of hydrogen-bond donors (Lipinski definition) is 2. The standard InChI is InChI=1S/C47H96N4O2/c1-3-5-7-9-11-13-15-17-19-21-24-28-32-38-46(52)50(44-36-40-48)42-34-30-26-23-27-31-35-43-51(45-37-41-49)47(53)39-33-29-25-22-20-18-16-14-12-10-8-6-4-2/h3-45,48-49H2,1-2H3. The van der Waals surface area contributed by atoms with Gasteiger partial charge in [0, 0.05) is 39.0 Å². The molecular weight excluding hydrogens is 653 g/mol. The quantitative estimate of drug-likeness (QED) is 0.0607. The van der Waals surface area contributed by atoms with E-state index in [1.54, 1.807) is 0 Å². The van der Waals surface area contributed by atoms with Gasteiger partial charge in [0.05, 0.1) is 0 Å². The third-order valence-electron chi connectivity index (χ3n) is 11.3. The van der Waals surface area contributed by atoms with Crippen LogP contribution in [0.5, 0.6) is 0 Å². The molecule has 0 heterocycles. The second kappa shape index (κ2) is 43.6. The van der Waals surface area contributed by atoms with Gasteiger partial charge in [0.2, 0.25) is 11.8 Å². The Labute approximate surface area is 332 Å². The minimum Gasteiger partial charge on any atom is -0.343 e. The zero-order valence-corrected chi connectivity index (χ0v) is 36.3. The Hall–Kier alpha value is -1.14. The van der Waals surface area contributed by atoms with Gasteiger partial charge in [0.1, 0.15) is 0 Å². The number of nitrogens with zero attached hydrogens (tertiary/aromatic N) is 2. The van der Waals surface area contributed by atoms with Crippen LogP contribution >= 0.6 is 0 Å². The van der Waals surface area contributed by atoms with Gasteiger partial charge in [-0.2, -0.15) is 0 Å². The maximum atomic E-state index is 13.0. The largest absolute Gasteiger partial charge is 0.343 e. The minimum atomic E-state index is 0.337. The summed E-state index contributed by atoms with van der Waals surface area (Å²) >= 11 is 0. The Morgan fingerprint density at radius 2 is 0.509 bits per heavy atom. The molecule has 0 aromatic heterocycles. The van der Waals surface area contributed by atoms with Crippen molar-refractivity contribution in [2.24, 2.45) is 11.5 Å². The van der Waals surface area contributed by atoms with Crippen LogP contribution in [-0.2, 0) is 9.59 Å². The second-order valence-corrected chi connectivity index (χ2v) is 16.5. The molecule has 0 saturated heterocycles. The zero-order chi connectivity index (χ0) is 38.7. The van der Waals surface area contributed by atoms with Crippen molar-refractivity contribution in [2.75, 3.05) is 39.3 Å². The van der Waals surface area contributed by atoms with E-state index in [1.807, 2.05) is 0 Å². The van der Waals surface area contributed by atoms with Crippen molar-refractivity contribution < 1.29 is 9.59 Å². The molecule has 53 heavy (non-hydrogen) atoms. The summed E-state index contributed by atoms with van der Waals surface area (Å²) < 4.78 is 0. The zero-order valence-electron chi connectivity index (χ0n) is 36.3. The number of hydrogen-bond acceptors (Lipinski definition) is 4. The maximum Gasteiger partial charge on any atom is 0.222 e. The summed E-state index contributed by atoms with van der Waals surface area (Å²) in [6.07, 6.45) is 46.2. The molecule has 2 amide bonds. The lowest BCUT2D eigenvalue weighted by Crippen LogP contribution is -2.33. The second-order valence-electron chi connectivity index (χ2n) is 16.5. The average Bonchev–Trinajstić information content (AvgIpc) is 3.16. The molecule has 0 aromatic carbocycles. The van der Waals surface area contributed by atoms with Gasteiger partial charge in [-0.15, -0.1) is 0 Å². The van der Waals surface area contributed by atoms with Crippen molar-refractivity contribution in [3.63, 3.8) is 0 Å². The predicted octanol–water partition coefficient (Wildman–Crippen LogP) is 13.0. The third-order valence-corrected chi connectivity index (χ3v) is 11.3. The molecule has 0 radical (unpaired) electrons. The van der Waals surface area contributed by atoms with E-state index in [9.17, 15) is 9.59 Å². The van der Waals surface area contributed by atoms with E-state index < -0.39 is 0 Å². The molecule has 6 nitrogen and oxygen atoms in total. The van der Waals surface area contributed by atoms with Crippen LogP contribution in [0.3, 0.4) is 0 Å². The number of unbranched alkanes of at least 4 members (excludes halogenated alkanes) is 30. The first kappa shape index (κ1) is 51.9. The van der Waals surface area contributed by atoms with E-state index in [0.717, 1.165) is 64.7 Å². The molecule has 0 aliphatic carbocycles. The normalized spacial score (nSPS) is 11.4. The van der Waals surface area contributed by atoms with Gasteiger partial charge in [-0.3, -0.25) is 9.59 Å². The molecule has 0 spiro atoms. The first-order valence-corrected chi connectivity index (χ1v) is 24.1. The van der Waals surface area contributed by atoms with Crippen LogP contribution in [0.2, 0.25) is 0 Å². The number of carbonyl (C=O) groups excluding carboxylic acids is 2. The summed E-state index contributed by atoms with van der Waals surface area (Å²) in [6, 6.07) is 0. The fourth-order valence-electron chi connectivity index (χ4n) is 7.68. The Bertz CT molecular complexity index is 688. The average molecular weight is 749 g/mol. The van der Waals surface area contributed by atoms with E-state index in [0.29, 0.717) is 37.7 Å². The monoisotopic (exact) mass is 749 g/mol. The lowest BCUT2D eigenvalue weighted by Gasteiger charge is -2.23. The van der Waals surface area contributed by atoms with Gasteiger partial charge in [0.15, 0.2) is 0 Å². The van der Waals surface area contributed by atoms with Crippen LogP contribution in [-0.4, -0.2) is 60.9 Å². The van der Waals surface area contributed by atoms with Gasteiger partial charge >= 0.3 is 0 Å². The van der Waals surface area contributed by atoms with E-state index in [4.69, 9.17) is 11.5 Å². The molecule has 0 rings (SSSR count). The van der Waals surface area contributed by atoms with Crippen LogP contribution in [0.4, 0.5) is 0 Å². The number of amides is 2. The fourth-order valence-corrected chi connectivity index (χ4v) is 7.68. The van der Waals surface area contributed by atoms with Gasteiger partial charge in [-0.25, -0.2) is 0 Å². The summed E-state index contributed by atoms with van der Waals surface area (Å²) in [6.45, 7) is 9.26. The van der Waals surface area contributed by atoms with E-state index >= 15 is 0 Å². The number of carbonyl (C=O) groups is 2. The third kappa shape index (κ3) is 37.6. The minimum absolute atomic E-state index is 0.337. The molecular formula is C47H96N4O2. The van der Waals surface area contributed by atoms with Crippen molar-refractivity contribution >= 4 is 11.8 Å². The molecule has 6 heteroatoms. The van der Waals surface area contributed by atoms with Gasteiger partial charge in [-0.1, -0.05) is 200 Å². The summed E-state index contributed by atoms with van der Waals surface area (Å²) in [5, 5.41) is 0. The highest BCUT2D eigenvalue weighted by Crippen LogP contribution is 2.16. The molecule has 0 aromatic rings. The molecule has 4 N–H and O–H groups in total. The van der Waals surface area contributed by atoms with Crippen LogP contribution in [0.25, 0.3) is 0 Å². The van der Waals surface area contributed by atoms with Crippen LogP contribution in [0, 0.1) is 0 Å². The van der Waals surface area contributed by atoms with Crippen LogP contribution in [0.15, 0.2) is 0 Å². The topological polar surface area (TPSA) is 92.7 Å². The number of nitrogens with two attached hydrogens (primary N) is 2. The van der Waals surface area contributed by atoms with Crippen LogP contribution < -0.4 is 11.5 Å². The maximum absolute atomic E-state index is 13.0. The highest BCUT2D eigenvalue weighted by atomic mass is 16.2. The van der Waals surface area contributed by atoms with E-state index in [2.05, 4.69) is 23.6 Å². The van der Waals surface area contributed by atoms with Gasteiger partial charge in [-0.05, 0) is 51.6 Å². The first-order chi connectivity index (χ1) is 26.1. The Balaban J connectivity index is 3.94. The highest BCUT2D eigenvalue weighted by Gasteiger charge is 2.14. The smallest absolute Gasteiger partial charge is 0.222 e. The summed E-state index contributed by atoms with van der Waals surface area (Å²) in [4.78, 5) is 30.1.